The standard InChI is InChI=1S/C16H21ClN4O3S2/c1-9-7-12(13(24-4)8-11(9)17)19-14(22)10(2)25-16-21-20-15(26-16)18-5-6-23-3/h7-8,10H,5-6H2,1-4H3,(H,18,20)(H,19,22)/t10-/m0/s1. The Kier molecular flexibility index (Phi) is 7.95. The molecule has 7 nitrogen and oxygen atoms in total. The largest absolute Gasteiger partial charge is 0.495 e. The van der Waals surface area contributed by atoms with E-state index in [1.807, 2.05) is 13.8 Å². The quantitative estimate of drug-likeness (QED) is 0.476. The molecule has 2 rings (SSSR count). The maximum atomic E-state index is 12.5. The van der Waals surface area contributed by atoms with Crippen molar-refractivity contribution in [2.45, 2.75) is 23.4 Å². The van der Waals surface area contributed by atoms with Gasteiger partial charge in [-0.1, -0.05) is 34.7 Å². The minimum absolute atomic E-state index is 0.154. The number of ether oxygens (including phenoxy) is 2. The molecule has 1 atom stereocenters. The van der Waals surface area contributed by atoms with Crippen molar-refractivity contribution in [1.82, 2.24) is 10.2 Å². The van der Waals surface area contributed by atoms with Crippen molar-refractivity contribution in [3.8, 4) is 5.75 Å². The molecule has 0 saturated carbocycles. The summed E-state index contributed by atoms with van der Waals surface area (Å²) in [5.41, 5.74) is 1.45. The first kappa shape index (κ1) is 20.8. The number of nitrogens with one attached hydrogen (secondary N) is 2. The van der Waals surface area contributed by atoms with E-state index in [-0.39, 0.29) is 11.2 Å². The van der Waals surface area contributed by atoms with Gasteiger partial charge in [-0.05, 0) is 25.5 Å². The Bertz CT molecular complexity index is 757. The fraction of sp³-hybridized carbons (Fsp3) is 0.438. The highest BCUT2D eigenvalue weighted by molar-refractivity contribution is 8.02. The predicted octanol–water partition coefficient (Wildman–Crippen LogP) is 3.69. The van der Waals surface area contributed by atoms with E-state index in [1.54, 1.807) is 19.2 Å². The molecule has 2 aromatic rings. The molecule has 0 saturated heterocycles. The zero-order valence-electron chi connectivity index (χ0n) is 15.0. The van der Waals surface area contributed by atoms with Gasteiger partial charge in [-0.3, -0.25) is 4.79 Å². The lowest BCUT2D eigenvalue weighted by molar-refractivity contribution is -0.115. The molecular formula is C16H21ClN4O3S2. The van der Waals surface area contributed by atoms with Crippen LogP contribution in [0.1, 0.15) is 12.5 Å². The Morgan fingerprint density at radius 3 is 2.85 bits per heavy atom. The Labute approximate surface area is 165 Å². The zero-order chi connectivity index (χ0) is 19.1. The number of amides is 1. The molecule has 1 amide bonds. The monoisotopic (exact) mass is 416 g/mol. The molecular weight excluding hydrogens is 396 g/mol. The van der Waals surface area contributed by atoms with E-state index in [0.29, 0.717) is 39.1 Å². The second kappa shape index (κ2) is 9.96. The summed E-state index contributed by atoms with van der Waals surface area (Å²) in [5.74, 6) is 0.366. The third kappa shape index (κ3) is 5.73. The van der Waals surface area contributed by atoms with Crippen molar-refractivity contribution in [3.63, 3.8) is 0 Å². The number of carbonyl (C=O) groups excluding carboxylic acids is 1. The summed E-state index contributed by atoms with van der Waals surface area (Å²) in [7, 11) is 3.18. The summed E-state index contributed by atoms with van der Waals surface area (Å²) in [6.07, 6.45) is 0. The van der Waals surface area contributed by atoms with Crippen LogP contribution in [-0.2, 0) is 9.53 Å². The van der Waals surface area contributed by atoms with Crippen molar-refractivity contribution < 1.29 is 14.3 Å². The van der Waals surface area contributed by atoms with Crippen LogP contribution in [0.2, 0.25) is 5.02 Å². The van der Waals surface area contributed by atoms with Gasteiger partial charge in [0.15, 0.2) is 4.34 Å². The molecule has 0 fully saturated rings. The van der Waals surface area contributed by atoms with Crippen LogP contribution in [0.25, 0.3) is 0 Å². The second-order valence-electron chi connectivity index (χ2n) is 5.34. The van der Waals surface area contributed by atoms with Gasteiger partial charge in [0.05, 0.1) is 24.7 Å². The highest BCUT2D eigenvalue weighted by Gasteiger charge is 2.19. The summed E-state index contributed by atoms with van der Waals surface area (Å²) >= 11 is 8.84. The van der Waals surface area contributed by atoms with Crippen molar-refractivity contribution in [2.75, 3.05) is 38.0 Å². The van der Waals surface area contributed by atoms with Crippen LogP contribution >= 0.6 is 34.7 Å². The summed E-state index contributed by atoms with van der Waals surface area (Å²) in [6, 6.07) is 3.48. The molecule has 0 spiro atoms. The first-order chi connectivity index (χ1) is 12.4. The Morgan fingerprint density at radius 1 is 1.38 bits per heavy atom. The Morgan fingerprint density at radius 2 is 2.15 bits per heavy atom. The molecule has 10 heteroatoms. The fourth-order valence-electron chi connectivity index (χ4n) is 1.96. The smallest absolute Gasteiger partial charge is 0.237 e. The summed E-state index contributed by atoms with van der Waals surface area (Å²) in [5, 5.41) is 15.1. The van der Waals surface area contributed by atoms with Gasteiger partial charge >= 0.3 is 0 Å². The fourth-order valence-corrected chi connectivity index (χ4v) is 4.03. The van der Waals surface area contributed by atoms with E-state index in [2.05, 4.69) is 20.8 Å². The van der Waals surface area contributed by atoms with E-state index in [9.17, 15) is 4.79 Å². The number of rotatable bonds is 9. The average molecular weight is 417 g/mol. The number of nitrogens with zero attached hydrogens (tertiary/aromatic N) is 2. The van der Waals surface area contributed by atoms with Gasteiger partial charge in [-0.25, -0.2) is 0 Å². The maximum absolute atomic E-state index is 12.5. The average Bonchev–Trinajstić information content (AvgIpc) is 3.05. The SMILES string of the molecule is COCCNc1nnc(S[C@@H](C)C(=O)Nc2cc(C)c(Cl)cc2OC)s1. The molecule has 2 N–H and O–H groups in total. The first-order valence-corrected chi connectivity index (χ1v) is 9.90. The minimum atomic E-state index is -0.351. The number of hydrogen-bond acceptors (Lipinski definition) is 8. The number of halogens is 1. The van der Waals surface area contributed by atoms with Gasteiger partial charge in [0.1, 0.15) is 5.75 Å². The van der Waals surface area contributed by atoms with Crippen molar-refractivity contribution in [2.24, 2.45) is 0 Å². The maximum Gasteiger partial charge on any atom is 0.237 e. The van der Waals surface area contributed by atoms with Crippen LogP contribution in [-0.4, -0.2) is 48.7 Å². The number of hydrogen-bond donors (Lipinski definition) is 2. The van der Waals surface area contributed by atoms with E-state index in [1.165, 1.54) is 30.2 Å². The van der Waals surface area contributed by atoms with Gasteiger partial charge < -0.3 is 20.1 Å². The normalized spacial score (nSPS) is 11.9. The molecule has 0 bridgehead atoms. The number of benzene rings is 1. The van der Waals surface area contributed by atoms with Gasteiger partial charge in [0, 0.05) is 24.7 Å². The molecule has 26 heavy (non-hydrogen) atoms. The molecule has 0 unspecified atom stereocenters. The third-order valence-corrected chi connectivity index (χ3v) is 5.85. The molecule has 0 aliphatic heterocycles. The van der Waals surface area contributed by atoms with Crippen LogP contribution in [0.5, 0.6) is 5.75 Å². The number of thioether (sulfide) groups is 1. The summed E-state index contributed by atoms with van der Waals surface area (Å²) in [6.45, 7) is 4.92. The Hall–Kier alpha value is -1.55. The van der Waals surface area contributed by atoms with E-state index in [0.717, 1.165) is 5.56 Å². The minimum Gasteiger partial charge on any atom is -0.495 e. The van der Waals surface area contributed by atoms with E-state index >= 15 is 0 Å². The van der Waals surface area contributed by atoms with Crippen LogP contribution < -0.4 is 15.4 Å². The molecule has 1 heterocycles. The summed E-state index contributed by atoms with van der Waals surface area (Å²) < 4.78 is 11.0. The van der Waals surface area contributed by atoms with E-state index in [4.69, 9.17) is 21.1 Å². The first-order valence-electron chi connectivity index (χ1n) is 7.82. The number of aryl methyl sites for hydroxylation is 1. The number of aromatic nitrogens is 2. The lowest BCUT2D eigenvalue weighted by Crippen LogP contribution is -2.22. The predicted molar refractivity (Wildman–Crippen MR) is 107 cm³/mol. The molecule has 1 aromatic heterocycles. The number of methoxy groups -OCH3 is 2. The van der Waals surface area contributed by atoms with Crippen LogP contribution in [0.3, 0.4) is 0 Å². The van der Waals surface area contributed by atoms with Gasteiger partial charge in [0.25, 0.3) is 0 Å². The van der Waals surface area contributed by atoms with Crippen LogP contribution in [0.4, 0.5) is 10.8 Å². The zero-order valence-corrected chi connectivity index (χ0v) is 17.3. The van der Waals surface area contributed by atoms with Crippen molar-refractivity contribution >= 4 is 51.4 Å². The molecule has 142 valence electrons. The van der Waals surface area contributed by atoms with E-state index < -0.39 is 0 Å². The van der Waals surface area contributed by atoms with Crippen LogP contribution in [0.15, 0.2) is 16.5 Å². The lowest BCUT2D eigenvalue weighted by atomic mass is 10.2. The molecule has 0 aliphatic carbocycles. The van der Waals surface area contributed by atoms with Crippen molar-refractivity contribution in [1.29, 1.82) is 0 Å². The van der Waals surface area contributed by atoms with Crippen LogP contribution in [0, 0.1) is 6.92 Å². The second-order valence-corrected chi connectivity index (χ2v) is 8.32. The van der Waals surface area contributed by atoms with Crippen molar-refractivity contribution in [3.05, 3.63) is 22.7 Å². The van der Waals surface area contributed by atoms with Gasteiger partial charge in [-0.15, -0.1) is 10.2 Å². The number of carbonyl (C=O) groups is 1. The molecule has 0 radical (unpaired) electrons. The number of anilines is 2. The third-order valence-electron chi connectivity index (χ3n) is 3.37. The lowest BCUT2D eigenvalue weighted by Gasteiger charge is -2.14. The molecule has 0 aliphatic rings. The highest BCUT2D eigenvalue weighted by Crippen LogP contribution is 2.33. The molecule has 1 aromatic carbocycles. The topological polar surface area (TPSA) is 85.4 Å². The Balaban J connectivity index is 1.97. The highest BCUT2D eigenvalue weighted by atomic mass is 35.5. The van der Waals surface area contributed by atoms with Gasteiger partial charge in [-0.2, -0.15) is 0 Å². The van der Waals surface area contributed by atoms with Gasteiger partial charge in [0.2, 0.25) is 11.0 Å². The summed E-state index contributed by atoms with van der Waals surface area (Å²) in [4.78, 5) is 12.5.